The molecule has 3 heteroatoms. The Morgan fingerprint density at radius 1 is 1.56 bits per heavy atom. The molecule has 0 aromatic heterocycles. The third kappa shape index (κ3) is 1.50. The SMILES string of the molecule is C=C1C(=O)O[C@@H]2CC3=C[C@@H](O)C[C@H](C)[C@@]3(C)C[C@H]12. The van der Waals surface area contributed by atoms with Gasteiger partial charge in [0.2, 0.25) is 0 Å². The lowest BCUT2D eigenvalue weighted by Crippen LogP contribution is -2.43. The number of ether oxygens (including phenoxy) is 1. The van der Waals surface area contributed by atoms with Crippen LogP contribution in [0.2, 0.25) is 0 Å². The summed E-state index contributed by atoms with van der Waals surface area (Å²) in [7, 11) is 0. The number of carbonyl (C=O) groups is 1. The van der Waals surface area contributed by atoms with Gasteiger partial charge >= 0.3 is 5.97 Å². The van der Waals surface area contributed by atoms with Crippen LogP contribution in [0, 0.1) is 17.3 Å². The standard InChI is InChI=1S/C15H20O3/c1-8-4-11(16)5-10-6-13-12(7-15(8,10)3)9(2)14(17)18-13/h5,8,11-13,16H,2,4,6-7H2,1,3H3/t8-,11-,12+,13+,15+/m0/s1. The van der Waals surface area contributed by atoms with Crippen LogP contribution < -0.4 is 0 Å². The summed E-state index contributed by atoms with van der Waals surface area (Å²) in [6.45, 7) is 8.33. The molecular formula is C15H20O3. The Morgan fingerprint density at radius 3 is 3.00 bits per heavy atom. The molecule has 1 saturated heterocycles. The zero-order valence-electron chi connectivity index (χ0n) is 11.0. The molecule has 0 spiro atoms. The monoisotopic (exact) mass is 248 g/mol. The highest BCUT2D eigenvalue weighted by atomic mass is 16.6. The van der Waals surface area contributed by atoms with E-state index in [1.807, 2.05) is 6.08 Å². The van der Waals surface area contributed by atoms with Gasteiger partial charge in [-0.1, -0.05) is 32.1 Å². The molecule has 0 amide bonds. The Balaban J connectivity index is 1.97. The fraction of sp³-hybridized carbons (Fsp3) is 0.667. The smallest absolute Gasteiger partial charge is 0.334 e. The van der Waals surface area contributed by atoms with Crippen LogP contribution in [0.15, 0.2) is 23.8 Å². The number of rotatable bonds is 0. The molecule has 3 rings (SSSR count). The van der Waals surface area contributed by atoms with Crippen LogP contribution in [0.1, 0.15) is 33.1 Å². The van der Waals surface area contributed by atoms with Gasteiger partial charge in [0, 0.05) is 17.9 Å². The highest BCUT2D eigenvalue weighted by Gasteiger charge is 2.52. The van der Waals surface area contributed by atoms with Crippen molar-refractivity contribution in [2.75, 3.05) is 0 Å². The van der Waals surface area contributed by atoms with Crippen LogP contribution in [0.25, 0.3) is 0 Å². The van der Waals surface area contributed by atoms with Crippen LogP contribution >= 0.6 is 0 Å². The molecule has 1 aliphatic heterocycles. The number of fused-ring (bicyclic) bond motifs is 2. The van der Waals surface area contributed by atoms with Crippen LogP contribution in [0.4, 0.5) is 0 Å². The van der Waals surface area contributed by atoms with E-state index in [2.05, 4.69) is 20.4 Å². The Morgan fingerprint density at radius 2 is 2.28 bits per heavy atom. The van der Waals surface area contributed by atoms with Gasteiger partial charge in [0.05, 0.1) is 6.10 Å². The van der Waals surface area contributed by atoms with Gasteiger partial charge in [-0.15, -0.1) is 0 Å². The lowest BCUT2D eigenvalue weighted by atomic mass is 9.57. The van der Waals surface area contributed by atoms with E-state index in [0.29, 0.717) is 11.5 Å². The van der Waals surface area contributed by atoms with Crippen molar-refractivity contribution in [2.45, 2.75) is 45.3 Å². The van der Waals surface area contributed by atoms with Crippen molar-refractivity contribution < 1.29 is 14.6 Å². The molecule has 5 atom stereocenters. The zero-order valence-corrected chi connectivity index (χ0v) is 11.0. The normalized spacial score (nSPS) is 47.2. The van der Waals surface area contributed by atoms with E-state index in [4.69, 9.17) is 4.74 Å². The minimum atomic E-state index is -0.347. The van der Waals surface area contributed by atoms with Gasteiger partial charge in [0.25, 0.3) is 0 Å². The number of aliphatic hydroxyl groups excluding tert-OH is 1. The molecule has 2 fully saturated rings. The van der Waals surface area contributed by atoms with E-state index >= 15 is 0 Å². The van der Waals surface area contributed by atoms with E-state index in [1.54, 1.807) is 0 Å². The Labute approximate surface area is 108 Å². The van der Waals surface area contributed by atoms with Gasteiger partial charge in [0.1, 0.15) is 6.10 Å². The number of hydrogen-bond donors (Lipinski definition) is 1. The third-order valence-corrected chi connectivity index (χ3v) is 5.29. The summed E-state index contributed by atoms with van der Waals surface area (Å²) in [5.41, 5.74) is 1.98. The molecule has 0 unspecified atom stereocenters. The second kappa shape index (κ2) is 3.70. The van der Waals surface area contributed by atoms with E-state index in [9.17, 15) is 9.90 Å². The number of carbonyl (C=O) groups excluding carboxylic acids is 1. The van der Waals surface area contributed by atoms with Gasteiger partial charge in [-0.2, -0.15) is 0 Å². The average Bonchev–Trinajstić information content (AvgIpc) is 2.54. The Bertz CT molecular complexity index is 451. The molecule has 1 saturated carbocycles. The highest BCUT2D eigenvalue weighted by Crippen LogP contribution is 2.55. The average molecular weight is 248 g/mol. The molecule has 0 aromatic rings. The molecule has 98 valence electrons. The molecule has 3 aliphatic rings. The van der Waals surface area contributed by atoms with E-state index in [1.165, 1.54) is 5.57 Å². The minimum Gasteiger partial charge on any atom is -0.458 e. The first-order valence-corrected chi connectivity index (χ1v) is 6.71. The zero-order chi connectivity index (χ0) is 13.1. The third-order valence-electron chi connectivity index (χ3n) is 5.29. The maximum Gasteiger partial charge on any atom is 0.334 e. The number of hydrogen-bond acceptors (Lipinski definition) is 3. The summed E-state index contributed by atoms with van der Waals surface area (Å²) in [5, 5.41) is 9.88. The summed E-state index contributed by atoms with van der Waals surface area (Å²) in [6, 6.07) is 0. The molecular weight excluding hydrogens is 228 g/mol. The van der Waals surface area contributed by atoms with Crippen LogP contribution in [0.3, 0.4) is 0 Å². The molecule has 18 heavy (non-hydrogen) atoms. The first-order valence-electron chi connectivity index (χ1n) is 6.71. The summed E-state index contributed by atoms with van der Waals surface area (Å²) < 4.78 is 5.38. The van der Waals surface area contributed by atoms with Gasteiger partial charge in [-0.25, -0.2) is 4.79 Å². The van der Waals surface area contributed by atoms with E-state index in [-0.39, 0.29) is 29.5 Å². The van der Waals surface area contributed by atoms with Crippen molar-refractivity contribution in [3.63, 3.8) is 0 Å². The van der Waals surface area contributed by atoms with Gasteiger partial charge in [0.15, 0.2) is 0 Å². The second-order valence-electron chi connectivity index (χ2n) is 6.30. The van der Waals surface area contributed by atoms with Gasteiger partial charge in [-0.05, 0) is 24.2 Å². The van der Waals surface area contributed by atoms with Gasteiger partial charge in [-0.3, -0.25) is 0 Å². The largest absolute Gasteiger partial charge is 0.458 e. The van der Waals surface area contributed by atoms with Crippen molar-refractivity contribution in [2.24, 2.45) is 17.3 Å². The lowest BCUT2D eigenvalue weighted by molar-refractivity contribution is -0.139. The molecule has 2 aliphatic carbocycles. The summed E-state index contributed by atoms with van der Waals surface area (Å²) >= 11 is 0. The molecule has 0 bridgehead atoms. The van der Waals surface area contributed by atoms with Crippen molar-refractivity contribution in [1.82, 2.24) is 0 Å². The minimum absolute atomic E-state index is 0.0539. The highest BCUT2D eigenvalue weighted by molar-refractivity contribution is 5.91. The summed E-state index contributed by atoms with van der Waals surface area (Å²) in [5.74, 6) is 0.357. The fourth-order valence-corrected chi connectivity index (χ4v) is 3.85. The molecule has 0 aromatic carbocycles. The Kier molecular flexibility index (Phi) is 2.46. The predicted octanol–water partition coefficient (Wildman–Crippen LogP) is 2.21. The second-order valence-corrected chi connectivity index (χ2v) is 6.30. The maximum absolute atomic E-state index is 11.6. The maximum atomic E-state index is 11.6. The first kappa shape index (κ1) is 12.0. The van der Waals surface area contributed by atoms with E-state index in [0.717, 1.165) is 19.3 Å². The molecule has 1 N–H and O–H groups in total. The van der Waals surface area contributed by atoms with Crippen molar-refractivity contribution in [3.8, 4) is 0 Å². The van der Waals surface area contributed by atoms with Crippen LogP contribution in [-0.4, -0.2) is 23.3 Å². The number of esters is 1. The van der Waals surface area contributed by atoms with E-state index < -0.39 is 0 Å². The lowest BCUT2D eigenvalue weighted by Gasteiger charge is -2.48. The predicted molar refractivity (Wildman–Crippen MR) is 67.7 cm³/mol. The number of aliphatic hydroxyl groups is 1. The summed E-state index contributed by atoms with van der Waals surface area (Å²) in [6.07, 6.45) is 4.06. The molecule has 3 nitrogen and oxygen atoms in total. The quantitative estimate of drug-likeness (QED) is 0.406. The first-order chi connectivity index (χ1) is 8.41. The Hall–Kier alpha value is -1.09. The van der Waals surface area contributed by atoms with Gasteiger partial charge < -0.3 is 9.84 Å². The van der Waals surface area contributed by atoms with Crippen molar-refractivity contribution in [3.05, 3.63) is 23.8 Å². The summed E-state index contributed by atoms with van der Waals surface area (Å²) in [4.78, 5) is 11.6. The molecule has 1 heterocycles. The van der Waals surface area contributed by atoms with Crippen LogP contribution in [0.5, 0.6) is 0 Å². The molecule has 0 radical (unpaired) electrons. The van der Waals surface area contributed by atoms with Crippen molar-refractivity contribution in [1.29, 1.82) is 0 Å². The topological polar surface area (TPSA) is 46.5 Å². The van der Waals surface area contributed by atoms with Crippen molar-refractivity contribution >= 4 is 5.97 Å². The fourth-order valence-electron chi connectivity index (χ4n) is 3.85. The van der Waals surface area contributed by atoms with Crippen LogP contribution in [-0.2, 0) is 9.53 Å².